The van der Waals surface area contributed by atoms with Crippen molar-refractivity contribution in [2.45, 2.75) is 38.6 Å². The van der Waals surface area contributed by atoms with Crippen LogP contribution in [0.1, 0.15) is 42.4 Å². The Labute approximate surface area is 141 Å². The predicted octanol–water partition coefficient (Wildman–Crippen LogP) is 4.43. The van der Waals surface area contributed by atoms with Crippen LogP contribution >= 0.6 is 0 Å². The first-order chi connectivity index (χ1) is 11.6. The third kappa shape index (κ3) is 3.32. The Bertz CT molecular complexity index is 724. The van der Waals surface area contributed by atoms with Crippen LogP contribution in [-0.2, 0) is 17.8 Å². The second-order valence-electron chi connectivity index (χ2n) is 6.25. The second kappa shape index (κ2) is 7.12. The summed E-state index contributed by atoms with van der Waals surface area (Å²) < 4.78 is 27.7. The Morgan fingerprint density at radius 3 is 2.54 bits per heavy atom. The van der Waals surface area contributed by atoms with Crippen molar-refractivity contribution in [3.05, 3.63) is 70.8 Å². The third-order valence-electron chi connectivity index (χ3n) is 4.82. The fraction of sp³-hybridized carbons (Fsp3) is 0.350. The van der Waals surface area contributed by atoms with E-state index in [9.17, 15) is 13.6 Å². The van der Waals surface area contributed by atoms with Gasteiger partial charge in [0.2, 0.25) is 5.91 Å². The van der Waals surface area contributed by atoms with E-state index in [1.165, 1.54) is 34.2 Å². The minimum atomic E-state index is -0.604. The molecule has 2 nitrogen and oxygen atoms in total. The third-order valence-corrected chi connectivity index (χ3v) is 4.82. The zero-order valence-electron chi connectivity index (χ0n) is 13.8. The molecule has 0 aliphatic heterocycles. The van der Waals surface area contributed by atoms with Crippen LogP contribution in [-0.4, -0.2) is 17.4 Å². The van der Waals surface area contributed by atoms with Gasteiger partial charge in [0, 0.05) is 18.5 Å². The predicted molar refractivity (Wildman–Crippen MR) is 89.6 cm³/mol. The lowest BCUT2D eigenvalue weighted by molar-refractivity contribution is -0.132. The molecule has 0 saturated carbocycles. The van der Waals surface area contributed by atoms with Crippen molar-refractivity contribution >= 4 is 5.91 Å². The summed E-state index contributed by atoms with van der Waals surface area (Å²) in [6.45, 7) is 2.24. The lowest BCUT2D eigenvalue weighted by atomic mass is 9.97. The minimum Gasteiger partial charge on any atom is -0.338 e. The molecule has 4 heteroatoms. The number of hydrogen-bond acceptors (Lipinski definition) is 1. The van der Waals surface area contributed by atoms with Crippen molar-refractivity contribution in [2.75, 3.05) is 6.54 Å². The average Bonchev–Trinajstić information content (AvgIpc) is 2.98. The number of hydrogen-bond donors (Lipinski definition) is 0. The maximum Gasteiger partial charge on any atom is 0.223 e. The Morgan fingerprint density at radius 2 is 1.83 bits per heavy atom. The van der Waals surface area contributed by atoms with Crippen LogP contribution in [0.2, 0.25) is 0 Å². The van der Waals surface area contributed by atoms with Gasteiger partial charge >= 0.3 is 0 Å². The topological polar surface area (TPSA) is 20.3 Å². The van der Waals surface area contributed by atoms with Crippen LogP contribution in [0.25, 0.3) is 0 Å². The Balaban J connectivity index is 1.71. The maximum absolute atomic E-state index is 13.8. The minimum absolute atomic E-state index is 0.0256. The van der Waals surface area contributed by atoms with E-state index in [0.29, 0.717) is 13.0 Å². The van der Waals surface area contributed by atoms with Crippen molar-refractivity contribution in [1.29, 1.82) is 0 Å². The van der Waals surface area contributed by atoms with E-state index in [-0.39, 0.29) is 23.9 Å². The van der Waals surface area contributed by atoms with Gasteiger partial charge in [-0.2, -0.15) is 0 Å². The molecular formula is C20H21F2NO. The molecule has 0 heterocycles. The van der Waals surface area contributed by atoms with Crippen LogP contribution in [0, 0.1) is 11.6 Å². The first kappa shape index (κ1) is 16.6. The Hall–Kier alpha value is -2.23. The summed E-state index contributed by atoms with van der Waals surface area (Å²) in [6.07, 6.45) is 2.33. The number of rotatable bonds is 5. The molecule has 3 rings (SSSR count). The van der Waals surface area contributed by atoms with E-state index in [4.69, 9.17) is 0 Å². The first-order valence-electron chi connectivity index (χ1n) is 8.38. The normalized spacial score (nSPS) is 16.0. The number of carbonyl (C=O) groups excluding carboxylic acids is 1. The summed E-state index contributed by atoms with van der Waals surface area (Å²) in [5.41, 5.74) is 2.50. The standard InChI is InChI=1S/C20H21F2NO/c1-2-23(13-17-18(21)8-5-9-19(17)22)20(24)12-15-11-10-14-6-3-4-7-16(14)15/h3-9,15H,2,10-13H2,1H3. The molecule has 1 atom stereocenters. The molecule has 1 aliphatic rings. The van der Waals surface area contributed by atoms with Crippen molar-refractivity contribution in [1.82, 2.24) is 4.90 Å². The molecule has 2 aromatic rings. The van der Waals surface area contributed by atoms with Gasteiger partial charge in [-0.25, -0.2) is 8.78 Å². The van der Waals surface area contributed by atoms with E-state index in [1.807, 2.05) is 19.1 Å². The summed E-state index contributed by atoms with van der Waals surface area (Å²) in [7, 11) is 0. The number of carbonyl (C=O) groups is 1. The number of fused-ring (bicyclic) bond motifs is 1. The smallest absolute Gasteiger partial charge is 0.223 e. The highest BCUT2D eigenvalue weighted by Gasteiger charge is 2.26. The molecule has 0 N–H and O–H groups in total. The van der Waals surface area contributed by atoms with E-state index in [1.54, 1.807) is 0 Å². The SMILES string of the molecule is CCN(Cc1c(F)cccc1F)C(=O)CC1CCc2ccccc21. The Morgan fingerprint density at radius 1 is 1.12 bits per heavy atom. The number of nitrogens with zero attached hydrogens (tertiary/aromatic N) is 1. The van der Waals surface area contributed by atoms with Gasteiger partial charge in [0.1, 0.15) is 11.6 Å². The second-order valence-corrected chi connectivity index (χ2v) is 6.25. The van der Waals surface area contributed by atoms with Crippen LogP contribution in [0.5, 0.6) is 0 Å². The van der Waals surface area contributed by atoms with Gasteiger partial charge in [0.05, 0.1) is 6.54 Å². The van der Waals surface area contributed by atoms with Gasteiger partial charge in [-0.15, -0.1) is 0 Å². The Kier molecular flexibility index (Phi) is 4.93. The number of amides is 1. The molecule has 0 bridgehead atoms. The van der Waals surface area contributed by atoms with Crippen molar-refractivity contribution in [3.63, 3.8) is 0 Å². The fourth-order valence-electron chi connectivity index (χ4n) is 3.45. The van der Waals surface area contributed by atoms with Gasteiger partial charge < -0.3 is 4.90 Å². The summed E-state index contributed by atoms with van der Waals surface area (Å²) in [6, 6.07) is 12.0. The molecular weight excluding hydrogens is 308 g/mol. The molecule has 126 valence electrons. The van der Waals surface area contributed by atoms with E-state index in [0.717, 1.165) is 12.8 Å². The molecule has 0 spiro atoms. The lowest BCUT2D eigenvalue weighted by Crippen LogP contribution is -2.32. The molecule has 24 heavy (non-hydrogen) atoms. The molecule has 0 radical (unpaired) electrons. The quantitative estimate of drug-likeness (QED) is 0.794. The lowest BCUT2D eigenvalue weighted by Gasteiger charge is -2.23. The maximum atomic E-state index is 13.8. The molecule has 0 fully saturated rings. The van der Waals surface area contributed by atoms with Crippen LogP contribution < -0.4 is 0 Å². The zero-order chi connectivity index (χ0) is 17.1. The van der Waals surface area contributed by atoms with Gasteiger partial charge in [0.25, 0.3) is 0 Å². The molecule has 0 saturated heterocycles. The number of aryl methyl sites for hydroxylation is 1. The fourth-order valence-corrected chi connectivity index (χ4v) is 3.45. The average molecular weight is 329 g/mol. The molecule has 2 aromatic carbocycles. The van der Waals surface area contributed by atoms with E-state index >= 15 is 0 Å². The highest BCUT2D eigenvalue weighted by atomic mass is 19.1. The highest BCUT2D eigenvalue weighted by molar-refractivity contribution is 5.77. The highest BCUT2D eigenvalue weighted by Crippen LogP contribution is 2.35. The summed E-state index contributed by atoms with van der Waals surface area (Å²) in [4.78, 5) is 14.2. The molecule has 1 amide bonds. The van der Waals surface area contributed by atoms with Gasteiger partial charge in [-0.3, -0.25) is 4.79 Å². The van der Waals surface area contributed by atoms with Crippen molar-refractivity contribution < 1.29 is 13.6 Å². The van der Waals surface area contributed by atoms with Gasteiger partial charge in [-0.05, 0) is 48.9 Å². The number of halogens is 2. The zero-order valence-corrected chi connectivity index (χ0v) is 13.8. The molecule has 0 aromatic heterocycles. The van der Waals surface area contributed by atoms with Crippen molar-refractivity contribution in [2.24, 2.45) is 0 Å². The van der Waals surface area contributed by atoms with Crippen LogP contribution in [0.3, 0.4) is 0 Å². The molecule has 1 unspecified atom stereocenters. The van der Waals surface area contributed by atoms with E-state index < -0.39 is 11.6 Å². The van der Waals surface area contributed by atoms with Gasteiger partial charge in [0.15, 0.2) is 0 Å². The van der Waals surface area contributed by atoms with Crippen LogP contribution in [0.4, 0.5) is 8.78 Å². The first-order valence-corrected chi connectivity index (χ1v) is 8.38. The summed E-state index contributed by atoms with van der Waals surface area (Å²) >= 11 is 0. The van der Waals surface area contributed by atoms with Crippen molar-refractivity contribution in [3.8, 4) is 0 Å². The molecule has 1 aliphatic carbocycles. The number of benzene rings is 2. The van der Waals surface area contributed by atoms with E-state index in [2.05, 4.69) is 12.1 Å². The summed E-state index contributed by atoms with van der Waals surface area (Å²) in [5, 5.41) is 0. The monoisotopic (exact) mass is 329 g/mol. The largest absolute Gasteiger partial charge is 0.338 e. The van der Waals surface area contributed by atoms with Gasteiger partial charge in [-0.1, -0.05) is 30.3 Å². The van der Waals surface area contributed by atoms with Crippen LogP contribution in [0.15, 0.2) is 42.5 Å². The summed E-state index contributed by atoms with van der Waals surface area (Å²) in [5.74, 6) is -1.06.